The van der Waals surface area contributed by atoms with Gasteiger partial charge in [0.2, 0.25) is 0 Å². The van der Waals surface area contributed by atoms with Gasteiger partial charge in [-0.1, -0.05) is 48.9 Å². The maximum atomic E-state index is 10.6. The maximum Gasteiger partial charge on any atom is 0.162 e. The maximum absolute atomic E-state index is 10.6. The van der Waals surface area contributed by atoms with Gasteiger partial charge >= 0.3 is 0 Å². The summed E-state index contributed by atoms with van der Waals surface area (Å²) in [7, 11) is 0. The van der Waals surface area contributed by atoms with Gasteiger partial charge < -0.3 is 14.6 Å². The second-order valence-electron chi connectivity index (χ2n) is 5.16. The van der Waals surface area contributed by atoms with Crippen LogP contribution in [0.2, 0.25) is 5.02 Å². The Kier molecular flexibility index (Phi) is 4.04. The molecule has 1 aliphatic rings. The molecule has 110 valence electrons. The lowest BCUT2D eigenvalue weighted by Crippen LogP contribution is -2.16. The zero-order valence-corrected chi connectivity index (χ0v) is 12.5. The van der Waals surface area contributed by atoms with Crippen LogP contribution in [0.3, 0.4) is 0 Å². The normalized spacial score (nSPS) is 16.3. The van der Waals surface area contributed by atoms with Crippen molar-refractivity contribution in [1.29, 1.82) is 0 Å². The van der Waals surface area contributed by atoms with Crippen LogP contribution in [-0.2, 0) is 0 Å². The summed E-state index contributed by atoms with van der Waals surface area (Å²) < 4.78 is 11.1. The largest absolute Gasteiger partial charge is 0.486 e. The minimum atomic E-state index is -0.698. The fourth-order valence-corrected chi connectivity index (χ4v) is 2.78. The Balaban J connectivity index is 1.92. The zero-order valence-electron chi connectivity index (χ0n) is 11.8. The first-order valence-corrected chi connectivity index (χ1v) is 7.36. The number of hydrogen-bond acceptors (Lipinski definition) is 3. The van der Waals surface area contributed by atoms with Crippen molar-refractivity contribution in [1.82, 2.24) is 0 Å². The number of hydrogen-bond donors (Lipinski definition) is 1. The SMILES string of the molecule is CC(c1ccccc1)C(O)c1cc2c(cc1Cl)OCCO2. The van der Waals surface area contributed by atoms with E-state index in [2.05, 4.69) is 0 Å². The molecule has 0 saturated heterocycles. The summed E-state index contributed by atoms with van der Waals surface area (Å²) in [4.78, 5) is 0. The fraction of sp³-hybridized carbons (Fsp3) is 0.294. The molecule has 1 N–H and O–H groups in total. The third kappa shape index (κ3) is 2.85. The van der Waals surface area contributed by atoms with Crippen molar-refractivity contribution < 1.29 is 14.6 Å². The van der Waals surface area contributed by atoms with Gasteiger partial charge in [0.25, 0.3) is 0 Å². The first kappa shape index (κ1) is 14.2. The molecule has 0 amide bonds. The number of aliphatic hydroxyl groups is 1. The Bertz CT molecular complexity index is 627. The molecule has 0 radical (unpaired) electrons. The van der Waals surface area contributed by atoms with Crippen LogP contribution >= 0.6 is 11.6 Å². The average molecular weight is 305 g/mol. The summed E-state index contributed by atoms with van der Waals surface area (Å²) in [5.74, 6) is 1.21. The van der Waals surface area contributed by atoms with E-state index >= 15 is 0 Å². The van der Waals surface area contributed by atoms with Crippen molar-refractivity contribution in [3.05, 3.63) is 58.6 Å². The van der Waals surface area contributed by atoms with Crippen LogP contribution < -0.4 is 9.47 Å². The number of rotatable bonds is 3. The van der Waals surface area contributed by atoms with E-state index in [1.165, 1.54) is 0 Å². The predicted octanol–water partition coefficient (Wildman–Crippen LogP) is 3.95. The van der Waals surface area contributed by atoms with Crippen LogP contribution in [-0.4, -0.2) is 18.3 Å². The first-order chi connectivity index (χ1) is 10.2. The Hall–Kier alpha value is -1.71. The molecule has 21 heavy (non-hydrogen) atoms. The Labute approximate surface area is 129 Å². The molecule has 2 atom stereocenters. The molecule has 3 rings (SSSR count). The molecular weight excluding hydrogens is 288 g/mol. The highest BCUT2D eigenvalue weighted by atomic mass is 35.5. The second-order valence-corrected chi connectivity index (χ2v) is 5.57. The van der Waals surface area contributed by atoms with Gasteiger partial charge in [0.1, 0.15) is 13.2 Å². The summed E-state index contributed by atoms with van der Waals surface area (Å²) in [6, 6.07) is 13.4. The molecule has 0 aliphatic carbocycles. The van der Waals surface area contributed by atoms with Crippen LogP contribution in [0, 0.1) is 0 Å². The molecule has 3 nitrogen and oxygen atoms in total. The monoisotopic (exact) mass is 304 g/mol. The highest BCUT2D eigenvalue weighted by Gasteiger charge is 2.24. The van der Waals surface area contributed by atoms with Gasteiger partial charge in [-0.2, -0.15) is 0 Å². The molecule has 2 aromatic rings. The number of ether oxygens (including phenoxy) is 2. The minimum Gasteiger partial charge on any atom is -0.486 e. The van der Waals surface area contributed by atoms with Crippen molar-refractivity contribution in [2.24, 2.45) is 0 Å². The average Bonchev–Trinajstić information content (AvgIpc) is 2.53. The van der Waals surface area contributed by atoms with Crippen molar-refractivity contribution >= 4 is 11.6 Å². The molecule has 2 unspecified atom stereocenters. The van der Waals surface area contributed by atoms with Crippen molar-refractivity contribution in [3.8, 4) is 11.5 Å². The molecule has 0 bridgehead atoms. The topological polar surface area (TPSA) is 38.7 Å². The molecule has 2 aromatic carbocycles. The third-order valence-electron chi connectivity index (χ3n) is 3.78. The van der Waals surface area contributed by atoms with Gasteiger partial charge in [-0.25, -0.2) is 0 Å². The van der Waals surface area contributed by atoms with Crippen molar-refractivity contribution in [3.63, 3.8) is 0 Å². The van der Waals surface area contributed by atoms with Gasteiger partial charge in [-0.15, -0.1) is 0 Å². The quantitative estimate of drug-likeness (QED) is 0.933. The van der Waals surface area contributed by atoms with Crippen LogP contribution in [0.15, 0.2) is 42.5 Å². The van der Waals surface area contributed by atoms with Gasteiger partial charge in [-0.05, 0) is 11.6 Å². The minimum absolute atomic E-state index is 0.0636. The predicted molar refractivity (Wildman–Crippen MR) is 82.3 cm³/mol. The van der Waals surface area contributed by atoms with Crippen LogP contribution in [0.5, 0.6) is 11.5 Å². The van der Waals surface area contributed by atoms with Gasteiger partial charge in [0.15, 0.2) is 11.5 Å². The lowest BCUT2D eigenvalue weighted by Gasteiger charge is -2.24. The molecule has 1 heterocycles. The third-order valence-corrected chi connectivity index (χ3v) is 4.11. The first-order valence-electron chi connectivity index (χ1n) is 6.99. The Morgan fingerprint density at radius 3 is 2.33 bits per heavy atom. The van der Waals surface area contributed by atoms with E-state index in [0.29, 0.717) is 35.3 Å². The number of fused-ring (bicyclic) bond motifs is 1. The van der Waals surface area contributed by atoms with E-state index < -0.39 is 6.10 Å². The summed E-state index contributed by atoms with van der Waals surface area (Å²) in [5.41, 5.74) is 1.73. The summed E-state index contributed by atoms with van der Waals surface area (Å²) >= 11 is 6.29. The highest BCUT2D eigenvalue weighted by Crippen LogP contribution is 2.41. The van der Waals surface area contributed by atoms with E-state index in [1.54, 1.807) is 12.1 Å². The molecule has 0 fully saturated rings. The second kappa shape index (κ2) is 5.96. The van der Waals surface area contributed by atoms with E-state index in [4.69, 9.17) is 21.1 Å². The number of halogens is 1. The zero-order chi connectivity index (χ0) is 14.8. The Morgan fingerprint density at radius 1 is 1.05 bits per heavy atom. The number of benzene rings is 2. The van der Waals surface area contributed by atoms with E-state index in [0.717, 1.165) is 5.56 Å². The molecule has 0 saturated carbocycles. The number of aliphatic hydroxyl groups excluding tert-OH is 1. The molecule has 1 aliphatic heterocycles. The molecule has 0 spiro atoms. The summed E-state index contributed by atoms with van der Waals surface area (Å²) in [6.45, 7) is 3.01. The van der Waals surface area contributed by atoms with Crippen molar-refractivity contribution in [2.75, 3.05) is 13.2 Å². The van der Waals surface area contributed by atoms with Crippen LogP contribution in [0.1, 0.15) is 30.1 Å². The highest BCUT2D eigenvalue weighted by molar-refractivity contribution is 6.31. The van der Waals surface area contributed by atoms with E-state index in [1.807, 2.05) is 37.3 Å². The van der Waals surface area contributed by atoms with Crippen LogP contribution in [0.25, 0.3) is 0 Å². The smallest absolute Gasteiger partial charge is 0.162 e. The van der Waals surface area contributed by atoms with Gasteiger partial charge in [0.05, 0.1) is 11.1 Å². The lowest BCUT2D eigenvalue weighted by atomic mass is 9.90. The van der Waals surface area contributed by atoms with Gasteiger partial charge in [0, 0.05) is 17.5 Å². The summed E-state index contributed by atoms with van der Waals surface area (Å²) in [6.07, 6.45) is -0.698. The lowest BCUT2D eigenvalue weighted by molar-refractivity contribution is 0.148. The fourth-order valence-electron chi connectivity index (χ4n) is 2.51. The van der Waals surface area contributed by atoms with E-state index in [9.17, 15) is 5.11 Å². The van der Waals surface area contributed by atoms with Gasteiger partial charge in [-0.3, -0.25) is 0 Å². The van der Waals surface area contributed by atoms with Crippen LogP contribution in [0.4, 0.5) is 0 Å². The summed E-state index contributed by atoms with van der Waals surface area (Å²) in [5, 5.41) is 11.1. The standard InChI is InChI=1S/C17H17ClO3/c1-11(12-5-3-2-4-6-12)17(19)13-9-15-16(10-14(13)18)21-8-7-20-15/h2-6,9-11,17,19H,7-8H2,1H3. The van der Waals surface area contributed by atoms with E-state index in [-0.39, 0.29) is 5.92 Å². The molecule has 0 aromatic heterocycles. The van der Waals surface area contributed by atoms with Crippen molar-refractivity contribution in [2.45, 2.75) is 18.9 Å². The molecule has 4 heteroatoms. The Morgan fingerprint density at radius 2 is 1.67 bits per heavy atom. The molecular formula is C17H17ClO3.